The second-order valence-electron chi connectivity index (χ2n) is 16.8. The molecule has 0 bridgehead atoms. The van der Waals surface area contributed by atoms with E-state index in [4.69, 9.17) is 19.9 Å². The van der Waals surface area contributed by atoms with Gasteiger partial charge in [0.15, 0.2) is 34.7 Å². The SMILES string of the molecule is CC(C)Oc1ccc(C(=O)OCOC(=O)N(CC(=O)Nc2cc(N(C)C)c3c(c2O)C(=O)C2C(=O)[C@]4(O)C(=O)C(C(N)=O)C(=O)[C@@H](N(C)C)[C@@H]4C[C@@H]2C3)C(C)(C)C)cc1. The van der Waals surface area contributed by atoms with Crippen molar-refractivity contribution in [1.29, 1.82) is 0 Å². The Labute approximate surface area is 340 Å². The number of phenolic OH excluding ortho intramolecular Hbond substituents is 1. The van der Waals surface area contributed by atoms with Crippen LogP contribution in [0.2, 0.25) is 0 Å². The fraction of sp³-hybridized carbons (Fsp3) is 0.512. The van der Waals surface area contributed by atoms with E-state index < -0.39 is 107 Å². The number of nitrogens with zero attached hydrogens (tertiary/aromatic N) is 3. The van der Waals surface area contributed by atoms with Crippen LogP contribution in [0, 0.1) is 23.7 Å². The van der Waals surface area contributed by atoms with Gasteiger partial charge in [0.25, 0.3) is 0 Å². The van der Waals surface area contributed by atoms with Crippen LogP contribution in [0.4, 0.5) is 16.2 Å². The lowest BCUT2D eigenvalue weighted by Gasteiger charge is -2.52. The number of nitrogens with one attached hydrogen (secondary N) is 1. The fourth-order valence-electron chi connectivity index (χ4n) is 8.29. The molecule has 3 amide bonds. The van der Waals surface area contributed by atoms with E-state index in [1.54, 1.807) is 51.9 Å². The normalized spacial score (nSPS) is 23.8. The molecule has 0 radical (unpaired) electrons. The van der Waals surface area contributed by atoms with Gasteiger partial charge >= 0.3 is 12.1 Å². The van der Waals surface area contributed by atoms with Gasteiger partial charge in [0, 0.05) is 31.2 Å². The summed E-state index contributed by atoms with van der Waals surface area (Å²) in [5, 5.41) is 26.0. The number of esters is 1. The van der Waals surface area contributed by atoms with E-state index in [0.717, 1.165) is 4.90 Å². The highest BCUT2D eigenvalue weighted by Crippen LogP contribution is 2.52. The predicted molar refractivity (Wildman–Crippen MR) is 210 cm³/mol. The third-order valence-electron chi connectivity index (χ3n) is 11.0. The highest BCUT2D eigenvalue weighted by atomic mass is 16.7. The van der Waals surface area contributed by atoms with Crippen LogP contribution in [0.25, 0.3) is 0 Å². The Morgan fingerprint density at radius 2 is 1.61 bits per heavy atom. The number of phenols is 1. The number of amides is 3. The average Bonchev–Trinajstić information content (AvgIpc) is 3.12. The molecule has 18 nitrogen and oxygen atoms in total. The van der Waals surface area contributed by atoms with Gasteiger partial charge in [-0.1, -0.05) is 0 Å². The minimum Gasteiger partial charge on any atom is -0.505 e. The number of likely N-dealkylation sites (N-methyl/N-ethyl adjacent to an activating group) is 1. The lowest BCUT2D eigenvalue weighted by atomic mass is 9.52. The third-order valence-corrected chi connectivity index (χ3v) is 11.0. The highest BCUT2D eigenvalue weighted by molar-refractivity contribution is 6.32. The number of primary amides is 1. The van der Waals surface area contributed by atoms with Crippen molar-refractivity contribution in [1.82, 2.24) is 9.80 Å². The first-order valence-electron chi connectivity index (χ1n) is 19.0. The Morgan fingerprint density at radius 1 is 0.983 bits per heavy atom. The van der Waals surface area contributed by atoms with Crippen molar-refractivity contribution >= 4 is 58.4 Å². The van der Waals surface area contributed by atoms with Gasteiger partial charge in [-0.2, -0.15) is 0 Å². The number of carbonyl (C=O) groups excluding carboxylic acids is 8. The van der Waals surface area contributed by atoms with Gasteiger partial charge in [0.2, 0.25) is 18.6 Å². The first-order chi connectivity index (χ1) is 27.4. The number of ketones is 4. The summed E-state index contributed by atoms with van der Waals surface area (Å²) < 4.78 is 15.9. The Balaban J connectivity index is 1.37. The fourth-order valence-corrected chi connectivity index (χ4v) is 8.29. The van der Waals surface area contributed by atoms with Crippen molar-refractivity contribution in [2.24, 2.45) is 29.4 Å². The zero-order chi connectivity index (χ0) is 44.0. The van der Waals surface area contributed by atoms with Gasteiger partial charge in [-0.25, -0.2) is 9.59 Å². The Morgan fingerprint density at radius 3 is 2.15 bits per heavy atom. The van der Waals surface area contributed by atoms with E-state index in [1.165, 1.54) is 37.2 Å². The Kier molecular flexibility index (Phi) is 12.3. The van der Waals surface area contributed by atoms with E-state index in [9.17, 15) is 48.6 Å². The number of hydrogen-bond donors (Lipinski definition) is 4. The number of hydrogen-bond acceptors (Lipinski definition) is 15. The van der Waals surface area contributed by atoms with Crippen LogP contribution in [0.15, 0.2) is 30.3 Å². The van der Waals surface area contributed by atoms with Gasteiger partial charge in [-0.3, -0.25) is 38.6 Å². The van der Waals surface area contributed by atoms with Crippen LogP contribution in [0.1, 0.15) is 67.3 Å². The van der Waals surface area contributed by atoms with Gasteiger partial charge in [0.1, 0.15) is 18.0 Å². The topological polar surface area (TPSA) is 252 Å². The molecule has 2 aromatic carbocycles. The van der Waals surface area contributed by atoms with Crippen molar-refractivity contribution in [2.45, 2.75) is 70.7 Å². The number of Topliss-reactive ketones (excluding diaryl/α,β-unsaturated/α-hetero) is 4. The summed E-state index contributed by atoms with van der Waals surface area (Å²) in [5.41, 5.74) is 1.82. The van der Waals surface area contributed by atoms with Crippen LogP contribution in [-0.2, 0) is 39.9 Å². The van der Waals surface area contributed by atoms with Crippen LogP contribution < -0.4 is 20.7 Å². The minimum absolute atomic E-state index is 0.00716. The third kappa shape index (κ3) is 8.23. The zero-order valence-electron chi connectivity index (χ0n) is 34.5. The van der Waals surface area contributed by atoms with Crippen molar-refractivity contribution in [3.63, 3.8) is 0 Å². The maximum atomic E-state index is 14.4. The molecule has 18 heteroatoms. The summed E-state index contributed by atoms with van der Waals surface area (Å²) in [6, 6.07) is 6.35. The minimum atomic E-state index is -2.90. The lowest BCUT2D eigenvalue weighted by Crippen LogP contribution is -2.74. The molecule has 59 heavy (non-hydrogen) atoms. The Bertz CT molecular complexity index is 2090. The van der Waals surface area contributed by atoms with Crippen molar-refractivity contribution < 1.29 is 62.8 Å². The number of carbonyl (C=O) groups is 8. The Hall–Kier alpha value is -5.88. The first kappa shape index (κ1) is 44.2. The summed E-state index contributed by atoms with van der Waals surface area (Å²) in [6.07, 6.45) is -1.20. The molecule has 2 fully saturated rings. The van der Waals surface area contributed by atoms with E-state index in [0.29, 0.717) is 17.0 Å². The van der Waals surface area contributed by atoms with Crippen molar-refractivity contribution in [3.8, 4) is 11.5 Å². The van der Waals surface area contributed by atoms with Gasteiger partial charge in [-0.15, -0.1) is 0 Å². The first-order valence-corrected chi connectivity index (χ1v) is 19.0. The summed E-state index contributed by atoms with van der Waals surface area (Å²) in [6.45, 7) is 7.21. The number of fused-ring (bicyclic) bond motifs is 3. The molecule has 0 aliphatic heterocycles. The molecule has 3 aliphatic carbocycles. The molecule has 0 heterocycles. The number of anilines is 2. The van der Waals surface area contributed by atoms with Gasteiger partial charge in [0.05, 0.1) is 34.9 Å². The maximum absolute atomic E-state index is 14.4. The number of ether oxygens (including phenoxy) is 3. The maximum Gasteiger partial charge on any atom is 0.413 e. The summed E-state index contributed by atoms with van der Waals surface area (Å²) >= 11 is 0. The molecule has 0 saturated heterocycles. The second-order valence-corrected chi connectivity index (χ2v) is 16.8. The van der Waals surface area contributed by atoms with E-state index in [1.807, 2.05) is 13.8 Å². The van der Waals surface area contributed by atoms with E-state index >= 15 is 0 Å². The van der Waals surface area contributed by atoms with Crippen LogP contribution in [-0.4, -0.2) is 132 Å². The van der Waals surface area contributed by atoms with Gasteiger partial charge in [-0.05, 0) is 103 Å². The van der Waals surface area contributed by atoms with E-state index in [2.05, 4.69) is 5.32 Å². The van der Waals surface area contributed by atoms with Gasteiger partial charge < -0.3 is 40.4 Å². The molecular weight excluding hydrogens is 770 g/mol. The standard InChI is InChI=1S/C41H51N5O13/c1-19(2)59-22-12-10-20(11-13-22)38(54)57-18-58-39(55)46(40(3,4)5)17-27(47)43-25-16-26(44(6)7)23-14-21-15-24-31(45(8)9)34(50)30(37(42)53)36(52)41(24,56)35(51)28(21)33(49)29(23)32(25)48/h10-13,16,19,21,24,28,30-31,48,56H,14-15,17-18H2,1-9H3,(H2,42,53)(H,43,47)/t21-,24-,28?,30?,31-,41-/m0/s1. The molecule has 318 valence electrons. The van der Waals surface area contributed by atoms with E-state index in [-0.39, 0.29) is 35.8 Å². The van der Waals surface area contributed by atoms with Crippen LogP contribution in [0.5, 0.6) is 11.5 Å². The monoisotopic (exact) mass is 821 g/mol. The number of aliphatic hydroxyl groups is 1. The molecule has 0 spiro atoms. The number of benzene rings is 2. The number of nitrogens with two attached hydrogens (primary N) is 1. The molecule has 2 aromatic rings. The highest BCUT2D eigenvalue weighted by Gasteiger charge is 2.69. The summed E-state index contributed by atoms with van der Waals surface area (Å²) in [4.78, 5) is 111. The van der Waals surface area contributed by atoms with Crippen LogP contribution in [0.3, 0.4) is 0 Å². The molecule has 2 saturated carbocycles. The predicted octanol–water partition coefficient (Wildman–Crippen LogP) is 1.71. The molecule has 5 rings (SSSR count). The lowest BCUT2D eigenvalue weighted by molar-refractivity contribution is -0.181. The van der Waals surface area contributed by atoms with Crippen molar-refractivity contribution in [2.75, 3.05) is 51.7 Å². The molecular formula is C41H51N5O13. The number of rotatable bonds is 11. The number of aromatic hydroxyl groups is 1. The second kappa shape index (κ2) is 16.4. The molecule has 0 aromatic heterocycles. The summed E-state index contributed by atoms with van der Waals surface area (Å²) in [5.74, 6) is -13.3. The molecule has 3 aliphatic rings. The zero-order valence-corrected chi connectivity index (χ0v) is 34.5. The van der Waals surface area contributed by atoms with Crippen LogP contribution >= 0.6 is 0 Å². The average molecular weight is 822 g/mol. The quantitative estimate of drug-likeness (QED) is 0.109. The summed E-state index contributed by atoms with van der Waals surface area (Å²) in [7, 11) is 6.31. The molecule has 2 unspecified atom stereocenters. The smallest absolute Gasteiger partial charge is 0.413 e. The van der Waals surface area contributed by atoms with Crippen molar-refractivity contribution in [3.05, 3.63) is 47.0 Å². The molecule has 5 N–H and O–H groups in total. The largest absolute Gasteiger partial charge is 0.505 e. The molecule has 6 atom stereocenters.